The van der Waals surface area contributed by atoms with Gasteiger partial charge in [-0.1, -0.05) is 11.6 Å². The minimum Gasteiger partial charge on any atom is -0.393 e. The molecule has 3 nitrogen and oxygen atoms in total. The Kier molecular flexibility index (Phi) is 5.95. The minimum atomic E-state index is -0.360. The van der Waals surface area contributed by atoms with Crippen LogP contribution >= 0.6 is 22.9 Å². The molecule has 0 fully saturated rings. The third-order valence-corrected chi connectivity index (χ3v) is 3.81. The van der Waals surface area contributed by atoms with E-state index in [0.717, 1.165) is 15.6 Å². The van der Waals surface area contributed by atoms with Gasteiger partial charge in [-0.2, -0.15) is 0 Å². The summed E-state index contributed by atoms with van der Waals surface area (Å²) in [6.07, 6.45) is 1.48. The van der Waals surface area contributed by atoms with Gasteiger partial charge in [-0.25, -0.2) is 0 Å². The smallest absolute Gasteiger partial charge is 0.222 e. The van der Waals surface area contributed by atoms with Gasteiger partial charge in [-0.05, 0) is 31.9 Å². The quantitative estimate of drug-likeness (QED) is 0.867. The largest absolute Gasteiger partial charge is 0.393 e. The SMILES string of the molecule is C[C@@H](O)CCN(C)C(=O)CCc1ccc(Cl)s1. The summed E-state index contributed by atoms with van der Waals surface area (Å²) in [7, 11) is 1.77. The molecule has 1 atom stereocenters. The summed E-state index contributed by atoms with van der Waals surface area (Å²) < 4.78 is 0.759. The first-order chi connectivity index (χ1) is 7.99. The third-order valence-electron chi connectivity index (χ3n) is 2.52. The van der Waals surface area contributed by atoms with Crippen LogP contribution in [0, 0.1) is 0 Å². The molecule has 0 spiro atoms. The number of rotatable bonds is 6. The lowest BCUT2D eigenvalue weighted by atomic mass is 10.2. The van der Waals surface area contributed by atoms with Gasteiger partial charge in [0.25, 0.3) is 0 Å². The highest BCUT2D eigenvalue weighted by Gasteiger charge is 2.10. The second-order valence-corrected chi connectivity index (χ2v) is 5.96. The van der Waals surface area contributed by atoms with Gasteiger partial charge in [-0.3, -0.25) is 4.79 Å². The molecule has 0 aliphatic carbocycles. The normalized spacial score (nSPS) is 12.5. The Labute approximate surface area is 111 Å². The van der Waals surface area contributed by atoms with Crippen molar-refractivity contribution in [2.24, 2.45) is 0 Å². The van der Waals surface area contributed by atoms with E-state index in [2.05, 4.69) is 0 Å². The Bertz CT molecular complexity index is 365. The highest BCUT2D eigenvalue weighted by atomic mass is 35.5. The monoisotopic (exact) mass is 275 g/mol. The van der Waals surface area contributed by atoms with Crippen LogP contribution in [0.1, 0.15) is 24.6 Å². The van der Waals surface area contributed by atoms with Crippen LogP contribution in [0.15, 0.2) is 12.1 Å². The van der Waals surface area contributed by atoms with Crippen molar-refractivity contribution in [3.8, 4) is 0 Å². The summed E-state index contributed by atoms with van der Waals surface area (Å²) in [5.74, 6) is 0.107. The summed E-state index contributed by atoms with van der Waals surface area (Å²) in [5.41, 5.74) is 0. The molecule has 1 rings (SSSR count). The first-order valence-corrected chi connectivity index (χ1v) is 6.84. The number of hydrogen-bond donors (Lipinski definition) is 1. The van der Waals surface area contributed by atoms with Gasteiger partial charge in [0, 0.05) is 24.9 Å². The zero-order valence-electron chi connectivity index (χ0n) is 10.1. The average Bonchev–Trinajstić information content (AvgIpc) is 2.68. The number of hydrogen-bond acceptors (Lipinski definition) is 3. The second-order valence-electron chi connectivity index (χ2n) is 4.16. The van der Waals surface area contributed by atoms with E-state index in [4.69, 9.17) is 16.7 Å². The summed E-state index contributed by atoms with van der Waals surface area (Å²) in [4.78, 5) is 14.6. The van der Waals surface area contributed by atoms with Crippen LogP contribution in [0.5, 0.6) is 0 Å². The summed E-state index contributed by atoms with van der Waals surface area (Å²) in [6.45, 7) is 2.33. The minimum absolute atomic E-state index is 0.107. The van der Waals surface area contributed by atoms with Gasteiger partial charge in [0.2, 0.25) is 5.91 Å². The summed E-state index contributed by atoms with van der Waals surface area (Å²) in [5, 5.41) is 9.14. The van der Waals surface area contributed by atoms with Crippen molar-refractivity contribution in [1.29, 1.82) is 0 Å². The van der Waals surface area contributed by atoms with Gasteiger partial charge < -0.3 is 10.0 Å². The molecule has 1 N–H and O–H groups in total. The molecule has 1 aromatic rings. The molecule has 0 aliphatic heterocycles. The maximum absolute atomic E-state index is 11.8. The van der Waals surface area contributed by atoms with Crippen LogP contribution in [0.4, 0.5) is 0 Å². The van der Waals surface area contributed by atoms with Crippen LogP contribution in [0.2, 0.25) is 4.34 Å². The molecule has 0 unspecified atom stereocenters. The van der Waals surface area contributed by atoms with E-state index >= 15 is 0 Å². The van der Waals surface area contributed by atoms with E-state index in [1.807, 2.05) is 12.1 Å². The second kappa shape index (κ2) is 6.99. The van der Waals surface area contributed by atoms with Crippen molar-refractivity contribution in [1.82, 2.24) is 4.90 Å². The zero-order chi connectivity index (χ0) is 12.8. The molecule has 1 heterocycles. The molecule has 0 radical (unpaired) electrons. The highest BCUT2D eigenvalue weighted by molar-refractivity contribution is 7.16. The predicted octanol–water partition coefficient (Wildman–Crippen LogP) is 2.56. The van der Waals surface area contributed by atoms with E-state index in [9.17, 15) is 4.79 Å². The number of amides is 1. The van der Waals surface area contributed by atoms with Crippen LogP contribution in [0.3, 0.4) is 0 Å². The van der Waals surface area contributed by atoms with Crippen molar-refractivity contribution >= 4 is 28.8 Å². The lowest BCUT2D eigenvalue weighted by molar-refractivity contribution is -0.130. The molecular weight excluding hydrogens is 258 g/mol. The molecular formula is C12H18ClNO2S. The maximum Gasteiger partial charge on any atom is 0.222 e. The van der Waals surface area contributed by atoms with Crippen molar-refractivity contribution in [3.63, 3.8) is 0 Å². The topological polar surface area (TPSA) is 40.5 Å². The van der Waals surface area contributed by atoms with E-state index in [1.165, 1.54) is 11.3 Å². The number of carbonyl (C=O) groups is 1. The summed E-state index contributed by atoms with van der Waals surface area (Å²) in [6, 6.07) is 3.80. The number of halogens is 1. The van der Waals surface area contributed by atoms with E-state index in [-0.39, 0.29) is 12.0 Å². The Morgan fingerprint density at radius 3 is 2.82 bits per heavy atom. The highest BCUT2D eigenvalue weighted by Crippen LogP contribution is 2.22. The molecule has 17 heavy (non-hydrogen) atoms. The molecule has 1 amide bonds. The van der Waals surface area contributed by atoms with Gasteiger partial charge in [0.15, 0.2) is 0 Å². The van der Waals surface area contributed by atoms with Crippen molar-refractivity contribution in [3.05, 3.63) is 21.3 Å². The predicted molar refractivity (Wildman–Crippen MR) is 71.6 cm³/mol. The maximum atomic E-state index is 11.8. The van der Waals surface area contributed by atoms with E-state index in [1.54, 1.807) is 18.9 Å². The zero-order valence-corrected chi connectivity index (χ0v) is 11.7. The molecule has 1 aromatic heterocycles. The molecule has 0 saturated carbocycles. The fraction of sp³-hybridized carbons (Fsp3) is 0.583. The lowest BCUT2D eigenvalue weighted by Crippen LogP contribution is -2.29. The average molecular weight is 276 g/mol. The number of aryl methyl sites for hydroxylation is 1. The van der Waals surface area contributed by atoms with Gasteiger partial charge in [-0.15, -0.1) is 11.3 Å². The molecule has 5 heteroatoms. The van der Waals surface area contributed by atoms with E-state index in [0.29, 0.717) is 19.4 Å². The molecule has 0 bridgehead atoms. The standard InChI is InChI=1S/C12H18ClNO2S/c1-9(15)7-8-14(2)12(16)6-4-10-3-5-11(13)17-10/h3,5,9,15H,4,6-8H2,1-2H3/t9-/m1/s1. The fourth-order valence-electron chi connectivity index (χ4n) is 1.41. The summed E-state index contributed by atoms with van der Waals surface area (Å²) >= 11 is 7.33. The van der Waals surface area contributed by atoms with Crippen LogP contribution < -0.4 is 0 Å². The van der Waals surface area contributed by atoms with Gasteiger partial charge in [0.1, 0.15) is 0 Å². The van der Waals surface area contributed by atoms with E-state index < -0.39 is 0 Å². The lowest BCUT2D eigenvalue weighted by Gasteiger charge is -2.17. The number of aliphatic hydroxyl groups is 1. The van der Waals surface area contributed by atoms with Crippen molar-refractivity contribution in [2.75, 3.05) is 13.6 Å². The molecule has 96 valence electrons. The first-order valence-electron chi connectivity index (χ1n) is 5.65. The molecule has 0 saturated heterocycles. The van der Waals surface area contributed by atoms with Crippen molar-refractivity contribution < 1.29 is 9.90 Å². The number of thiophene rings is 1. The van der Waals surface area contributed by atoms with Crippen LogP contribution in [0.25, 0.3) is 0 Å². The van der Waals surface area contributed by atoms with Crippen LogP contribution in [-0.2, 0) is 11.2 Å². The number of nitrogens with zero attached hydrogens (tertiary/aromatic N) is 1. The Hall–Kier alpha value is -0.580. The van der Waals surface area contributed by atoms with Crippen LogP contribution in [-0.4, -0.2) is 35.6 Å². The third kappa shape index (κ3) is 5.52. The van der Waals surface area contributed by atoms with Gasteiger partial charge in [0.05, 0.1) is 10.4 Å². The Morgan fingerprint density at radius 1 is 1.59 bits per heavy atom. The number of carbonyl (C=O) groups excluding carboxylic acids is 1. The Morgan fingerprint density at radius 2 is 2.29 bits per heavy atom. The van der Waals surface area contributed by atoms with Crippen molar-refractivity contribution in [2.45, 2.75) is 32.3 Å². The fourth-order valence-corrected chi connectivity index (χ4v) is 2.50. The number of aliphatic hydroxyl groups excluding tert-OH is 1. The Balaban J connectivity index is 2.29. The molecule has 0 aliphatic rings. The molecule has 0 aromatic carbocycles. The first kappa shape index (κ1) is 14.5. The van der Waals surface area contributed by atoms with Gasteiger partial charge >= 0.3 is 0 Å².